The Bertz CT molecular complexity index is 822. The van der Waals surface area contributed by atoms with Gasteiger partial charge in [0.1, 0.15) is 17.5 Å². The molecule has 1 atom stereocenters. The van der Waals surface area contributed by atoms with E-state index in [4.69, 9.17) is 9.47 Å². The van der Waals surface area contributed by atoms with Gasteiger partial charge in [-0.3, -0.25) is 9.59 Å². The van der Waals surface area contributed by atoms with Gasteiger partial charge in [0, 0.05) is 17.6 Å². The molecule has 0 aliphatic rings. The number of ether oxygens (including phenoxy) is 2. The summed E-state index contributed by atoms with van der Waals surface area (Å²) in [6.45, 7) is 6.48. The van der Waals surface area contributed by atoms with E-state index in [0.29, 0.717) is 24.8 Å². The zero-order valence-electron chi connectivity index (χ0n) is 17.9. The van der Waals surface area contributed by atoms with Gasteiger partial charge < -0.3 is 19.7 Å². The van der Waals surface area contributed by atoms with Crippen molar-refractivity contribution in [3.05, 3.63) is 58.6 Å². The second-order valence-corrected chi connectivity index (χ2v) is 8.34. The van der Waals surface area contributed by atoms with Gasteiger partial charge in [0.2, 0.25) is 5.91 Å². The highest BCUT2D eigenvalue weighted by atomic mass is 79.9. The molecular weight excluding hydrogens is 448 g/mol. The fourth-order valence-corrected chi connectivity index (χ4v) is 2.99. The van der Waals surface area contributed by atoms with Crippen LogP contribution in [0.25, 0.3) is 0 Å². The molecule has 0 fully saturated rings. The Morgan fingerprint density at radius 1 is 1.00 bits per heavy atom. The highest BCUT2D eigenvalue weighted by molar-refractivity contribution is 9.10. The molecule has 0 aliphatic heterocycles. The quantitative estimate of drug-likeness (QED) is 0.561. The van der Waals surface area contributed by atoms with Gasteiger partial charge in [0.25, 0.3) is 5.91 Å². The van der Waals surface area contributed by atoms with Gasteiger partial charge >= 0.3 is 0 Å². The summed E-state index contributed by atoms with van der Waals surface area (Å²) in [7, 11) is 1.60. The number of nitrogens with zero attached hydrogens (tertiary/aromatic N) is 1. The third kappa shape index (κ3) is 7.37. The molecule has 0 radical (unpaired) electrons. The van der Waals surface area contributed by atoms with Crippen molar-refractivity contribution in [2.75, 3.05) is 20.3 Å². The van der Waals surface area contributed by atoms with Crippen LogP contribution < -0.4 is 14.8 Å². The zero-order chi connectivity index (χ0) is 22.1. The number of nitrogens with one attached hydrogen (secondary N) is 1. The Labute approximate surface area is 186 Å². The third-order valence-corrected chi connectivity index (χ3v) is 5.07. The number of methoxy groups -OCH3 is 1. The average Bonchev–Trinajstić information content (AvgIpc) is 2.75. The topological polar surface area (TPSA) is 67.9 Å². The molecule has 30 heavy (non-hydrogen) atoms. The zero-order valence-corrected chi connectivity index (χ0v) is 19.4. The van der Waals surface area contributed by atoms with Crippen LogP contribution in [0, 0.1) is 5.92 Å². The summed E-state index contributed by atoms with van der Waals surface area (Å²) < 4.78 is 11.8. The molecule has 2 amide bonds. The van der Waals surface area contributed by atoms with Gasteiger partial charge in [-0.1, -0.05) is 41.9 Å². The van der Waals surface area contributed by atoms with Gasteiger partial charge in [-0.15, -0.1) is 0 Å². The lowest BCUT2D eigenvalue weighted by atomic mass is 10.1. The van der Waals surface area contributed by atoms with Crippen molar-refractivity contribution < 1.29 is 19.1 Å². The molecule has 0 heterocycles. The van der Waals surface area contributed by atoms with Gasteiger partial charge in [-0.05, 0) is 54.8 Å². The van der Waals surface area contributed by atoms with Crippen LogP contribution in [0.5, 0.6) is 11.5 Å². The first-order valence-corrected chi connectivity index (χ1v) is 10.7. The predicted octanol–water partition coefficient (Wildman–Crippen LogP) is 4.03. The average molecular weight is 477 g/mol. The fraction of sp³-hybridized carbons (Fsp3) is 0.391. The molecule has 0 aromatic heterocycles. The SMILES string of the molecule is COc1ccc(CN(C(=O)COc2ccc(Br)cc2)[C@@H](C)C(=O)NCC(C)C)cc1. The Hall–Kier alpha value is -2.54. The molecule has 0 spiro atoms. The minimum atomic E-state index is -0.633. The Balaban J connectivity index is 2.12. The second kappa shape index (κ2) is 11.6. The summed E-state index contributed by atoms with van der Waals surface area (Å²) in [4.78, 5) is 27.1. The van der Waals surface area contributed by atoms with Crippen LogP contribution in [0.1, 0.15) is 26.3 Å². The molecule has 2 rings (SSSR count). The van der Waals surface area contributed by atoms with Crippen molar-refractivity contribution in [1.82, 2.24) is 10.2 Å². The van der Waals surface area contributed by atoms with Crippen LogP contribution in [0.15, 0.2) is 53.0 Å². The lowest BCUT2D eigenvalue weighted by molar-refractivity contribution is -0.142. The first-order chi connectivity index (χ1) is 14.3. The van der Waals surface area contributed by atoms with Crippen LogP contribution in [0.3, 0.4) is 0 Å². The highest BCUT2D eigenvalue weighted by Gasteiger charge is 2.26. The summed E-state index contributed by atoms with van der Waals surface area (Å²) >= 11 is 3.37. The number of benzene rings is 2. The van der Waals surface area contributed by atoms with Crippen LogP contribution in [0.4, 0.5) is 0 Å². The molecule has 6 nitrogen and oxygen atoms in total. The second-order valence-electron chi connectivity index (χ2n) is 7.43. The molecule has 7 heteroatoms. The minimum absolute atomic E-state index is 0.153. The van der Waals surface area contributed by atoms with E-state index in [1.54, 1.807) is 26.2 Å². The normalized spacial score (nSPS) is 11.7. The molecule has 2 aromatic carbocycles. The van der Waals surface area contributed by atoms with Gasteiger partial charge in [0.15, 0.2) is 6.61 Å². The number of halogens is 1. The lowest BCUT2D eigenvalue weighted by Gasteiger charge is -2.29. The summed E-state index contributed by atoms with van der Waals surface area (Å²) in [5, 5.41) is 2.90. The maximum Gasteiger partial charge on any atom is 0.261 e. The molecule has 0 unspecified atom stereocenters. The van der Waals surface area contributed by atoms with E-state index in [1.165, 1.54) is 4.90 Å². The smallest absolute Gasteiger partial charge is 0.261 e. The van der Waals surface area contributed by atoms with Crippen LogP contribution in [0.2, 0.25) is 0 Å². The van der Waals surface area contributed by atoms with Crippen LogP contribution in [-0.2, 0) is 16.1 Å². The highest BCUT2D eigenvalue weighted by Crippen LogP contribution is 2.18. The molecule has 0 bridgehead atoms. The van der Waals surface area contributed by atoms with Crippen molar-refractivity contribution in [3.8, 4) is 11.5 Å². The van der Waals surface area contributed by atoms with E-state index in [1.807, 2.05) is 50.2 Å². The van der Waals surface area contributed by atoms with Crippen molar-refractivity contribution in [1.29, 1.82) is 0 Å². The van der Waals surface area contributed by atoms with E-state index in [9.17, 15) is 9.59 Å². The van der Waals surface area contributed by atoms with E-state index in [2.05, 4.69) is 21.2 Å². The summed E-state index contributed by atoms with van der Waals surface area (Å²) in [5.74, 6) is 1.20. The lowest BCUT2D eigenvalue weighted by Crippen LogP contribution is -2.49. The standard InChI is InChI=1S/C23H29BrN2O4/c1-16(2)13-25-23(28)17(3)26(14-18-5-9-20(29-4)10-6-18)22(27)15-30-21-11-7-19(24)8-12-21/h5-12,16-17H,13-15H2,1-4H3,(H,25,28)/t17-/m0/s1. The van der Waals surface area contributed by atoms with E-state index >= 15 is 0 Å². The number of rotatable bonds is 10. The monoisotopic (exact) mass is 476 g/mol. The molecule has 0 aliphatic carbocycles. The number of hydrogen-bond acceptors (Lipinski definition) is 4. The summed E-state index contributed by atoms with van der Waals surface area (Å²) in [6, 6.07) is 14.1. The van der Waals surface area contributed by atoms with Crippen molar-refractivity contribution >= 4 is 27.7 Å². The Morgan fingerprint density at radius 3 is 2.17 bits per heavy atom. The maximum atomic E-state index is 13.0. The molecule has 162 valence electrons. The van der Waals surface area contributed by atoms with Gasteiger partial charge in [-0.2, -0.15) is 0 Å². The molecule has 0 saturated heterocycles. The van der Waals surface area contributed by atoms with Crippen LogP contribution >= 0.6 is 15.9 Å². The number of carbonyl (C=O) groups is 2. The van der Waals surface area contributed by atoms with E-state index < -0.39 is 6.04 Å². The maximum absolute atomic E-state index is 13.0. The molecule has 1 N–H and O–H groups in total. The van der Waals surface area contributed by atoms with E-state index in [0.717, 1.165) is 15.8 Å². The summed E-state index contributed by atoms with van der Waals surface area (Å²) in [5.41, 5.74) is 0.899. The van der Waals surface area contributed by atoms with Crippen LogP contribution in [-0.4, -0.2) is 43.0 Å². The largest absolute Gasteiger partial charge is 0.497 e. The minimum Gasteiger partial charge on any atom is -0.497 e. The van der Waals surface area contributed by atoms with Crippen molar-refractivity contribution in [2.24, 2.45) is 5.92 Å². The molecular formula is C23H29BrN2O4. The van der Waals surface area contributed by atoms with Crippen molar-refractivity contribution in [2.45, 2.75) is 33.4 Å². The fourth-order valence-electron chi connectivity index (χ4n) is 2.72. The third-order valence-electron chi connectivity index (χ3n) is 4.54. The number of carbonyl (C=O) groups excluding carboxylic acids is 2. The number of hydrogen-bond donors (Lipinski definition) is 1. The van der Waals surface area contributed by atoms with Gasteiger partial charge in [-0.25, -0.2) is 0 Å². The predicted molar refractivity (Wildman–Crippen MR) is 120 cm³/mol. The molecule has 0 saturated carbocycles. The Morgan fingerprint density at radius 2 is 1.60 bits per heavy atom. The molecule has 2 aromatic rings. The van der Waals surface area contributed by atoms with Gasteiger partial charge in [0.05, 0.1) is 7.11 Å². The number of amides is 2. The Kier molecular flexibility index (Phi) is 9.17. The summed E-state index contributed by atoms with van der Waals surface area (Å²) in [6.07, 6.45) is 0. The van der Waals surface area contributed by atoms with Crippen molar-refractivity contribution in [3.63, 3.8) is 0 Å². The first kappa shape index (κ1) is 23.7. The van der Waals surface area contributed by atoms with E-state index in [-0.39, 0.29) is 18.4 Å². The first-order valence-electron chi connectivity index (χ1n) is 9.88.